The monoisotopic (exact) mass is 293 g/mol. The smallest absolute Gasteiger partial charge is 0.119 e. The van der Waals surface area contributed by atoms with Crippen LogP contribution in [0.5, 0.6) is 5.75 Å². The van der Waals surface area contributed by atoms with Crippen LogP contribution in [-0.2, 0) is 6.54 Å². The molecule has 5 nitrogen and oxygen atoms in total. The molecule has 0 spiro atoms. The van der Waals surface area contributed by atoms with E-state index in [1.165, 1.54) is 5.56 Å². The van der Waals surface area contributed by atoms with E-state index in [0.717, 1.165) is 38.3 Å². The zero-order chi connectivity index (χ0) is 15.1. The van der Waals surface area contributed by atoms with E-state index in [-0.39, 0.29) is 12.1 Å². The van der Waals surface area contributed by atoms with Gasteiger partial charge in [0.25, 0.3) is 0 Å². The summed E-state index contributed by atoms with van der Waals surface area (Å²) in [5.74, 6) is 0.889. The minimum atomic E-state index is -0.323. The molecular formula is C16H27N3O2. The Balaban J connectivity index is 1.89. The fraction of sp³-hybridized carbons (Fsp3) is 0.625. The van der Waals surface area contributed by atoms with Gasteiger partial charge in [-0.25, -0.2) is 0 Å². The molecule has 21 heavy (non-hydrogen) atoms. The Morgan fingerprint density at radius 2 is 2.19 bits per heavy atom. The van der Waals surface area contributed by atoms with E-state index in [1.807, 2.05) is 19.1 Å². The van der Waals surface area contributed by atoms with Gasteiger partial charge in [0.05, 0.1) is 12.7 Å². The second-order valence-corrected chi connectivity index (χ2v) is 5.62. The number of nitrogens with zero attached hydrogens (tertiary/aromatic N) is 1. The number of aliphatic hydroxyl groups excluding tert-OH is 1. The summed E-state index contributed by atoms with van der Waals surface area (Å²) in [5, 5.41) is 13.2. The van der Waals surface area contributed by atoms with Crippen molar-refractivity contribution in [1.29, 1.82) is 0 Å². The molecule has 0 radical (unpaired) electrons. The zero-order valence-corrected chi connectivity index (χ0v) is 12.8. The SMILES string of the molecule is CC(O)C1CNCCN1Cc1ccc(OCCCN)cc1. The largest absolute Gasteiger partial charge is 0.494 e. The number of aliphatic hydroxyl groups is 1. The molecule has 0 bridgehead atoms. The van der Waals surface area contributed by atoms with Crippen LogP contribution in [0.3, 0.4) is 0 Å². The maximum absolute atomic E-state index is 9.88. The molecule has 5 heteroatoms. The number of ether oxygens (including phenoxy) is 1. The summed E-state index contributed by atoms with van der Waals surface area (Å²) in [7, 11) is 0. The summed E-state index contributed by atoms with van der Waals surface area (Å²) in [6.45, 7) is 6.82. The highest BCUT2D eigenvalue weighted by molar-refractivity contribution is 5.27. The third-order valence-electron chi connectivity index (χ3n) is 3.88. The molecule has 1 aliphatic rings. The van der Waals surface area contributed by atoms with Crippen molar-refractivity contribution >= 4 is 0 Å². The van der Waals surface area contributed by atoms with Crippen LogP contribution in [0, 0.1) is 0 Å². The molecule has 1 heterocycles. The molecule has 1 aliphatic heterocycles. The Labute approximate surface area is 127 Å². The van der Waals surface area contributed by atoms with Gasteiger partial charge in [0.1, 0.15) is 5.75 Å². The van der Waals surface area contributed by atoms with Crippen LogP contribution in [0.1, 0.15) is 18.9 Å². The molecular weight excluding hydrogens is 266 g/mol. The van der Waals surface area contributed by atoms with Gasteiger partial charge in [-0.2, -0.15) is 0 Å². The number of hydrogen-bond acceptors (Lipinski definition) is 5. The lowest BCUT2D eigenvalue weighted by molar-refractivity contribution is 0.0405. The van der Waals surface area contributed by atoms with Gasteiger partial charge in [0, 0.05) is 32.2 Å². The van der Waals surface area contributed by atoms with Gasteiger partial charge < -0.3 is 20.9 Å². The van der Waals surface area contributed by atoms with E-state index in [4.69, 9.17) is 10.5 Å². The Bertz CT molecular complexity index is 408. The maximum atomic E-state index is 9.88. The van der Waals surface area contributed by atoms with Gasteiger partial charge in [-0.1, -0.05) is 12.1 Å². The molecule has 4 N–H and O–H groups in total. The molecule has 1 aromatic carbocycles. The third-order valence-corrected chi connectivity index (χ3v) is 3.88. The van der Waals surface area contributed by atoms with E-state index < -0.39 is 0 Å². The van der Waals surface area contributed by atoms with Crippen LogP contribution < -0.4 is 15.8 Å². The fourth-order valence-electron chi connectivity index (χ4n) is 2.64. The topological polar surface area (TPSA) is 70.8 Å². The molecule has 1 aromatic rings. The summed E-state index contributed by atoms with van der Waals surface area (Å²) >= 11 is 0. The van der Waals surface area contributed by atoms with Crippen LogP contribution in [0.15, 0.2) is 24.3 Å². The first-order valence-corrected chi connectivity index (χ1v) is 7.75. The predicted molar refractivity (Wildman–Crippen MR) is 84.4 cm³/mol. The van der Waals surface area contributed by atoms with Crippen molar-refractivity contribution in [3.8, 4) is 5.75 Å². The van der Waals surface area contributed by atoms with Crippen molar-refractivity contribution in [2.24, 2.45) is 5.73 Å². The molecule has 0 aromatic heterocycles. The zero-order valence-electron chi connectivity index (χ0n) is 12.8. The highest BCUT2D eigenvalue weighted by Gasteiger charge is 2.25. The van der Waals surface area contributed by atoms with Crippen molar-refractivity contribution in [2.75, 3.05) is 32.8 Å². The minimum absolute atomic E-state index is 0.180. The molecule has 2 atom stereocenters. The van der Waals surface area contributed by atoms with E-state index >= 15 is 0 Å². The first kappa shape index (κ1) is 16.2. The summed E-state index contributed by atoms with van der Waals surface area (Å²) < 4.78 is 5.61. The molecule has 2 unspecified atom stereocenters. The van der Waals surface area contributed by atoms with Gasteiger partial charge in [-0.05, 0) is 37.6 Å². The van der Waals surface area contributed by atoms with Crippen molar-refractivity contribution in [3.05, 3.63) is 29.8 Å². The van der Waals surface area contributed by atoms with Gasteiger partial charge in [0.2, 0.25) is 0 Å². The van der Waals surface area contributed by atoms with E-state index in [0.29, 0.717) is 13.2 Å². The molecule has 0 saturated carbocycles. The Kier molecular flexibility index (Phi) is 6.45. The quantitative estimate of drug-likeness (QED) is 0.641. The number of rotatable bonds is 7. The van der Waals surface area contributed by atoms with Crippen molar-refractivity contribution < 1.29 is 9.84 Å². The standard InChI is InChI=1S/C16H27N3O2/c1-13(20)16-11-18-8-9-19(16)12-14-3-5-15(6-4-14)21-10-2-7-17/h3-6,13,16,18,20H,2,7-12,17H2,1H3. The first-order chi connectivity index (χ1) is 10.2. The molecule has 0 amide bonds. The number of piperazine rings is 1. The summed E-state index contributed by atoms with van der Waals surface area (Å²) in [4.78, 5) is 2.34. The molecule has 0 aliphatic carbocycles. The molecule has 2 rings (SSSR count). The first-order valence-electron chi connectivity index (χ1n) is 7.75. The Morgan fingerprint density at radius 1 is 1.43 bits per heavy atom. The second-order valence-electron chi connectivity index (χ2n) is 5.62. The van der Waals surface area contributed by atoms with Crippen molar-refractivity contribution in [1.82, 2.24) is 10.2 Å². The van der Waals surface area contributed by atoms with E-state index in [2.05, 4.69) is 22.3 Å². The van der Waals surface area contributed by atoms with E-state index in [1.54, 1.807) is 0 Å². The summed E-state index contributed by atoms with van der Waals surface area (Å²) in [6.07, 6.45) is 0.551. The van der Waals surface area contributed by atoms with Gasteiger partial charge >= 0.3 is 0 Å². The third kappa shape index (κ3) is 4.97. The van der Waals surface area contributed by atoms with Crippen LogP contribution >= 0.6 is 0 Å². The lowest BCUT2D eigenvalue weighted by atomic mass is 10.1. The maximum Gasteiger partial charge on any atom is 0.119 e. The van der Waals surface area contributed by atoms with Crippen LogP contribution in [-0.4, -0.2) is 54.9 Å². The number of benzene rings is 1. The normalized spacial score (nSPS) is 21.2. The van der Waals surface area contributed by atoms with Crippen LogP contribution in [0.25, 0.3) is 0 Å². The van der Waals surface area contributed by atoms with Gasteiger partial charge in [-0.15, -0.1) is 0 Å². The molecule has 1 fully saturated rings. The van der Waals surface area contributed by atoms with Gasteiger partial charge in [0.15, 0.2) is 0 Å². The predicted octanol–water partition coefficient (Wildman–Crippen LogP) is 0.569. The average Bonchev–Trinajstić information content (AvgIpc) is 2.50. The number of hydrogen-bond donors (Lipinski definition) is 3. The molecule has 1 saturated heterocycles. The average molecular weight is 293 g/mol. The summed E-state index contributed by atoms with van der Waals surface area (Å²) in [5.41, 5.74) is 6.69. The lowest BCUT2D eigenvalue weighted by Gasteiger charge is -2.37. The van der Waals surface area contributed by atoms with Crippen molar-refractivity contribution in [3.63, 3.8) is 0 Å². The van der Waals surface area contributed by atoms with Crippen molar-refractivity contribution in [2.45, 2.75) is 32.0 Å². The van der Waals surface area contributed by atoms with Crippen LogP contribution in [0.4, 0.5) is 0 Å². The Hall–Kier alpha value is -1.14. The van der Waals surface area contributed by atoms with E-state index in [9.17, 15) is 5.11 Å². The highest BCUT2D eigenvalue weighted by Crippen LogP contribution is 2.17. The second kappa shape index (κ2) is 8.34. The fourth-order valence-corrected chi connectivity index (χ4v) is 2.64. The Morgan fingerprint density at radius 3 is 2.86 bits per heavy atom. The minimum Gasteiger partial charge on any atom is -0.494 e. The molecule has 118 valence electrons. The highest BCUT2D eigenvalue weighted by atomic mass is 16.5. The number of nitrogens with one attached hydrogen (secondary N) is 1. The lowest BCUT2D eigenvalue weighted by Crippen LogP contribution is -2.55. The number of nitrogens with two attached hydrogens (primary N) is 1. The summed E-state index contributed by atoms with van der Waals surface area (Å²) in [6, 6.07) is 8.38. The van der Waals surface area contributed by atoms with Crippen LogP contribution in [0.2, 0.25) is 0 Å². The van der Waals surface area contributed by atoms with Gasteiger partial charge in [-0.3, -0.25) is 4.90 Å².